The average Bonchev–Trinajstić information content (AvgIpc) is 2.72. The molecule has 1 atom stereocenters. The molecule has 100 valence electrons. The molecule has 18 heavy (non-hydrogen) atoms. The van der Waals surface area contributed by atoms with E-state index in [2.05, 4.69) is 0 Å². The van der Waals surface area contributed by atoms with Crippen LogP contribution >= 0.6 is 35.6 Å². The highest BCUT2D eigenvalue weighted by Crippen LogP contribution is 2.28. The van der Waals surface area contributed by atoms with Crippen LogP contribution in [0, 0.1) is 0 Å². The Balaban J connectivity index is 0.00000162. The minimum atomic E-state index is -0.773. The summed E-state index contributed by atoms with van der Waals surface area (Å²) in [6, 6.07) is 4.91. The molecule has 0 radical (unpaired) electrons. The molecular weight excluding hydrogens is 296 g/mol. The largest absolute Gasteiger partial charge is 0.480 e. The lowest BCUT2D eigenvalue weighted by atomic mass is 10.2. The van der Waals surface area contributed by atoms with E-state index in [9.17, 15) is 4.79 Å². The first-order valence-electron chi connectivity index (χ1n) is 5.49. The van der Waals surface area contributed by atoms with Crippen LogP contribution in [0.5, 0.6) is 0 Å². The third-order valence-corrected chi connectivity index (χ3v) is 3.78. The van der Waals surface area contributed by atoms with Gasteiger partial charge >= 0.3 is 5.97 Å². The molecule has 1 aromatic rings. The molecule has 1 aliphatic rings. The van der Waals surface area contributed by atoms with Gasteiger partial charge in [0.05, 0.1) is 0 Å². The highest BCUT2D eigenvalue weighted by atomic mass is 35.5. The van der Waals surface area contributed by atoms with E-state index in [1.54, 1.807) is 18.2 Å². The zero-order chi connectivity index (χ0) is 12.4. The van der Waals surface area contributed by atoms with Gasteiger partial charge in [-0.15, -0.1) is 12.4 Å². The second-order valence-corrected chi connectivity index (χ2v) is 4.98. The first-order chi connectivity index (χ1) is 8.09. The first kappa shape index (κ1) is 15.6. The van der Waals surface area contributed by atoms with E-state index in [1.807, 2.05) is 4.90 Å². The van der Waals surface area contributed by atoms with Gasteiger partial charge < -0.3 is 5.11 Å². The fourth-order valence-corrected chi connectivity index (χ4v) is 2.70. The lowest BCUT2D eigenvalue weighted by Gasteiger charge is -2.22. The van der Waals surface area contributed by atoms with Crippen molar-refractivity contribution in [3.63, 3.8) is 0 Å². The fourth-order valence-electron chi connectivity index (χ4n) is 2.18. The van der Waals surface area contributed by atoms with Gasteiger partial charge in [0, 0.05) is 22.2 Å². The minimum Gasteiger partial charge on any atom is -0.480 e. The zero-order valence-corrected chi connectivity index (χ0v) is 11.9. The summed E-state index contributed by atoms with van der Waals surface area (Å²) in [7, 11) is 0. The summed E-state index contributed by atoms with van der Waals surface area (Å²) in [5, 5.41) is 10.3. The number of carboxylic acids is 1. The van der Waals surface area contributed by atoms with Gasteiger partial charge in [-0.05, 0) is 31.5 Å². The van der Waals surface area contributed by atoms with Crippen LogP contribution in [-0.2, 0) is 11.3 Å². The number of rotatable bonds is 3. The van der Waals surface area contributed by atoms with Crippen molar-refractivity contribution in [2.45, 2.75) is 25.4 Å². The van der Waals surface area contributed by atoms with E-state index < -0.39 is 12.0 Å². The Morgan fingerprint density at radius 2 is 2.00 bits per heavy atom. The predicted octanol–water partition coefficient (Wildman–Crippen LogP) is 3.46. The lowest BCUT2D eigenvalue weighted by Crippen LogP contribution is -2.35. The van der Waals surface area contributed by atoms with Crippen molar-refractivity contribution in [1.29, 1.82) is 0 Å². The molecule has 0 saturated carbocycles. The average molecular weight is 311 g/mol. The van der Waals surface area contributed by atoms with Crippen molar-refractivity contribution in [2.75, 3.05) is 6.54 Å². The number of likely N-dealkylation sites (tertiary alicyclic amines) is 1. The number of benzene rings is 1. The predicted molar refractivity (Wildman–Crippen MR) is 74.8 cm³/mol. The van der Waals surface area contributed by atoms with Gasteiger partial charge in [-0.1, -0.05) is 29.3 Å². The number of carboxylic acid groups (broad SMARTS) is 1. The Morgan fingerprint density at radius 3 is 2.56 bits per heavy atom. The highest BCUT2D eigenvalue weighted by Gasteiger charge is 2.30. The van der Waals surface area contributed by atoms with Crippen molar-refractivity contribution < 1.29 is 9.90 Å². The van der Waals surface area contributed by atoms with Crippen LogP contribution in [0.3, 0.4) is 0 Å². The number of hydrogen-bond acceptors (Lipinski definition) is 2. The topological polar surface area (TPSA) is 40.5 Å². The van der Waals surface area contributed by atoms with Gasteiger partial charge in [0.25, 0.3) is 0 Å². The van der Waals surface area contributed by atoms with Crippen LogP contribution in [0.25, 0.3) is 0 Å². The standard InChI is InChI=1S/C12H13Cl2NO2.ClH/c13-9-3-1-4-10(14)8(9)7-15-6-2-5-11(15)12(16)17;/h1,3-4,11H,2,5-7H2,(H,16,17);1H/t11-;/m1./s1. The summed E-state index contributed by atoms with van der Waals surface area (Å²) in [4.78, 5) is 13.0. The van der Waals surface area contributed by atoms with E-state index in [4.69, 9.17) is 28.3 Å². The molecule has 0 spiro atoms. The first-order valence-corrected chi connectivity index (χ1v) is 6.25. The Hall–Kier alpha value is -0.480. The highest BCUT2D eigenvalue weighted by molar-refractivity contribution is 6.35. The molecule has 0 unspecified atom stereocenters. The maximum Gasteiger partial charge on any atom is 0.320 e. The molecule has 0 bridgehead atoms. The smallest absolute Gasteiger partial charge is 0.320 e. The molecule has 3 nitrogen and oxygen atoms in total. The van der Waals surface area contributed by atoms with Crippen LogP contribution in [0.1, 0.15) is 18.4 Å². The van der Waals surface area contributed by atoms with Gasteiger partial charge in [0.15, 0.2) is 0 Å². The summed E-state index contributed by atoms with van der Waals surface area (Å²) < 4.78 is 0. The van der Waals surface area contributed by atoms with Crippen molar-refractivity contribution in [3.05, 3.63) is 33.8 Å². The van der Waals surface area contributed by atoms with Gasteiger partial charge in [0.2, 0.25) is 0 Å². The zero-order valence-electron chi connectivity index (χ0n) is 9.60. The SMILES string of the molecule is Cl.O=C(O)[C@H]1CCCN1Cc1c(Cl)cccc1Cl. The minimum absolute atomic E-state index is 0. The molecule has 1 aromatic carbocycles. The third kappa shape index (κ3) is 3.29. The number of nitrogens with zero attached hydrogens (tertiary/aromatic N) is 1. The molecule has 1 fully saturated rings. The van der Waals surface area contributed by atoms with Crippen molar-refractivity contribution >= 4 is 41.6 Å². The quantitative estimate of drug-likeness (QED) is 0.929. The second kappa shape index (κ2) is 6.62. The van der Waals surface area contributed by atoms with Crippen LogP contribution in [0.15, 0.2) is 18.2 Å². The van der Waals surface area contributed by atoms with E-state index in [0.717, 1.165) is 18.5 Å². The molecule has 2 rings (SSSR count). The van der Waals surface area contributed by atoms with Crippen LogP contribution in [0.2, 0.25) is 10.0 Å². The molecule has 0 aromatic heterocycles. The molecule has 1 saturated heterocycles. The van der Waals surface area contributed by atoms with Crippen molar-refractivity contribution in [3.8, 4) is 0 Å². The van der Waals surface area contributed by atoms with Gasteiger partial charge in [-0.25, -0.2) is 0 Å². The van der Waals surface area contributed by atoms with E-state index in [0.29, 0.717) is 23.0 Å². The maximum absolute atomic E-state index is 11.1. The number of aliphatic carboxylic acids is 1. The van der Waals surface area contributed by atoms with Crippen LogP contribution < -0.4 is 0 Å². The van der Waals surface area contributed by atoms with E-state index in [1.165, 1.54) is 0 Å². The Morgan fingerprint density at radius 1 is 1.39 bits per heavy atom. The molecule has 1 N–H and O–H groups in total. The second-order valence-electron chi connectivity index (χ2n) is 4.17. The van der Waals surface area contributed by atoms with E-state index in [-0.39, 0.29) is 12.4 Å². The van der Waals surface area contributed by atoms with E-state index >= 15 is 0 Å². The monoisotopic (exact) mass is 309 g/mol. The Kier molecular flexibility index (Phi) is 5.73. The Bertz CT molecular complexity index is 419. The van der Waals surface area contributed by atoms with Crippen LogP contribution in [-0.4, -0.2) is 28.6 Å². The summed E-state index contributed by atoms with van der Waals surface area (Å²) in [6.45, 7) is 1.27. The molecule has 1 aliphatic heterocycles. The molecule has 0 aliphatic carbocycles. The van der Waals surface area contributed by atoms with Gasteiger partial charge in [-0.2, -0.15) is 0 Å². The number of carbonyl (C=O) groups is 1. The van der Waals surface area contributed by atoms with Gasteiger partial charge in [-0.3, -0.25) is 9.69 Å². The summed E-state index contributed by atoms with van der Waals surface area (Å²) in [5.41, 5.74) is 0.809. The third-order valence-electron chi connectivity index (χ3n) is 3.07. The summed E-state index contributed by atoms with van der Waals surface area (Å²) >= 11 is 12.2. The molecular formula is C12H14Cl3NO2. The molecule has 1 heterocycles. The molecule has 0 amide bonds. The molecule has 6 heteroatoms. The van der Waals surface area contributed by atoms with Crippen molar-refractivity contribution in [1.82, 2.24) is 4.90 Å². The van der Waals surface area contributed by atoms with Crippen LogP contribution in [0.4, 0.5) is 0 Å². The lowest BCUT2D eigenvalue weighted by molar-refractivity contribution is -0.142. The Labute approximate surface area is 122 Å². The number of halogens is 3. The maximum atomic E-state index is 11.1. The normalized spacial score (nSPS) is 19.6. The van der Waals surface area contributed by atoms with Crippen molar-refractivity contribution in [2.24, 2.45) is 0 Å². The summed E-state index contributed by atoms with van der Waals surface area (Å²) in [6.07, 6.45) is 1.59. The summed E-state index contributed by atoms with van der Waals surface area (Å²) in [5.74, 6) is -0.773. The fraction of sp³-hybridized carbons (Fsp3) is 0.417. The van der Waals surface area contributed by atoms with Gasteiger partial charge in [0.1, 0.15) is 6.04 Å². The number of hydrogen-bond donors (Lipinski definition) is 1.